The van der Waals surface area contributed by atoms with Gasteiger partial charge < -0.3 is 10.1 Å². The molecule has 0 aromatic rings. The normalized spacial score (nSPS) is 27.4. The van der Waals surface area contributed by atoms with Crippen LogP contribution in [-0.2, 0) is 4.74 Å². The molecule has 1 N–H and O–H groups in total. The van der Waals surface area contributed by atoms with E-state index in [0.717, 1.165) is 19.1 Å². The van der Waals surface area contributed by atoms with Gasteiger partial charge in [-0.25, -0.2) is 0 Å². The van der Waals surface area contributed by atoms with Crippen LogP contribution in [0.1, 0.15) is 46.5 Å². The minimum Gasteiger partial charge on any atom is -0.378 e. The molecular formula is C12H25NO. The zero-order chi connectivity index (χ0) is 10.4. The Morgan fingerprint density at radius 2 is 2.14 bits per heavy atom. The van der Waals surface area contributed by atoms with Gasteiger partial charge in [-0.3, -0.25) is 0 Å². The first-order valence-corrected chi connectivity index (χ1v) is 6.09. The molecule has 0 aromatic carbocycles. The van der Waals surface area contributed by atoms with Crippen molar-refractivity contribution in [1.82, 2.24) is 5.32 Å². The molecule has 0 aromatic heterocycles. The molecule has 2 atom stereocenters. The van der Waals surface area contributed by atoms with Crippen molar-refractivity contribution in [3.63, 3.8) is 0 Å². The first kappa shape index (κ1) is 12.0. The Hall–Kier alpha value is -0.0800. The molecule has 0 spiro atoms. The van der Waals surface area contributed by atoms with Crippen molar-refractivity contribution >= 4 is 0 Å². The van der Waals surface area contributed by atoms with Gasteiger partial charge in [-0.05, 0) is 45.6 Å². The maximum atomic E-state index is 5.70. The SMILES string of the molecule is CCCNC1CCCC1COC(C)C. The minimum absolute atomic E-state index is 0.377. The summed E-state index contributed by atoms with van der Waals surface area (Å²) < 4.78 is 5.70. The first-order chi connectivity index (χ1) is 6.74. The highest BCUT2D eigenvalue weighted by atomic mass is 16.5. The Labute approximate surface area is 88.4 Å². The molecule has 2 nitrogen and oxygen atoms in total. The molecule has 0 radical (unpaired) electrons. The van der Waals surface area contributed by atoms with E-state index in [1.54, 1.807) is 0 Å². The average molecular weight is 199 g/mol. The quantitative estimate of drug-likeness (QED) is 0.710. The second kappa shape index (κ2) is 6.41. The van der Waals surface area contributed by atoms with Crippen LogP contribution in [0.2, 0.25) is 0 Å². The van der Waals surface area contributed by atoms with Gasteiger partial charge in [0.1, 0.15) is 0 Å². The van der Waals surface area contributed by atoms with Crippen LogP contribution in [0.25, 0.3) is 0 Å². The Morgan fingerprint density at radius 1 is 1.36 bits per heavy atom. The zero-order valence-corrected chi connectivity index (χ0v) is 9.88. The lowest BCUT2D eigenvalue weighted by Crippen LogP contribution is -2.35. The fraction of sp³-hybridized carbons (Fsp3) is 1.00. The Morgan fingerprint density at radius 3 is 2.79 bits per heavy atom. The number of nitrogens with one attached hydrogen (secondary N) is 1. The molecule has 0 aliphatic heterocycles. The molecule has 0 heterocycles. The van der Waals surface area contributed by atoms with Crippen molar-refractivity contribution in [3.05, 3.63) is 0 Å². The van der Waals surface area contributed by atoms with Crippen molar-refractivity contribution in [1.29, 1.82) is 0 Å². The van der Waals surface area contributed by atoms with Gasteiger partial charge in [-0.2, -0.15) is 0 Å². The third-order valence-corrected chi connectivity index (χ3v) is 2.96. The molecule has 2 unspecified atom stereocenters. The van der Waals surface area contributed by atoms with Crippen LogP contribution in [0.5, 0.6) is 0 Å². The highest BCUT2D eigenvalue weighted by molar-refractivity contribution is 4.82. The van der Waals surface area contributed by atoms with Gasteiger partial charge in [0.05, 0.1) is 12.7 Å². The van der Waals surface area contributed by atoms with Crippen LogP contribution in [0.4, 0.5) is 0 Å². The van der Waals surface area contributed by atoms with E-state index < -0.39 is 0 Å². The summed E-state index contributed by atoms with van der Waals surface area (Å²) >= 11 is 0. The third kappa shape index (κ3) is 3.97. The second-order valence-corrected chi connectivity index (χ2v) is 4.63. The van der Waals surface area contributed by atoms with Gasteiger partial charge in [0.2, 0.25) is 0 Å². The van der Waals surface area contributed by atoms with E-state index in [0.29, 0.717) is 12.1 Å². The molecule has 1 fully saturated rings. The van der Waals surface area contributed by atoms with Gasteiger partial charge in [-0.1, -0.05) is 13.3 Å². The van der Waals surface area contributed by atoms with E-state index in [4.69, 9.17) is 4.74 Å². The summed E-state index contributed by atoms with van der Waals surface area (Å²) in [6.45, 7) is 8.55. The molecule has 1 rings (SSSR count). The lowest BCUT2D eigenvalue weighted by Gasteiger charge is -2.21. The smallest absolute Gasteiger partial charge is 0.0519 e. The van der Waals surface area contributed by atoms with Crippen LogP contribution in [0.3, 0.4) is 0 Å². The van der Waals surface area contributed by atoms with Crippen LogP contribution in [0, 0.1) is 5.92 Å². The lowest BCUT2D eigenvalue weighted by atomic mass is 10.0. The number of ether oxygens (including phenoxy) is 1. The lowest BCUT2D eigenvalue weighted by molar-refractivity contribution is 0.0461. The van der Waals surface area contributed by atoms with Gasteiger partial charge >= 0.3 is 0 Å². The molecule has 14 heavy (non-hydrogen) atoms. The minimum atomic E-state index is 0.377. The molecule has 84 valence electrons. The summed E-state index contributed by atoms with van der Waals surface area (Å²) in [6.07, 6.45) is 5.66. The van der Waals surface area contributed by atoms with E-state index in [1.165, 1.54) is 25.7 Å². The molecule has 0 saturated heterocycles. The van der Waals surface area contributed by atoms with Crippen molar-refractivity contribution in [2.75, 3.05) is 13.2 Å². The Balaban J connectivity index is 2.21. The molecular weight excluding hydrogens is 174 g/mol. The molecule has 2 heteroatoms. The molecule has 1 aliphatic rings. The van der Waals surface area contributed by atoms with Crippen LogP contribution in [0.15, 0.2) is 0 Å². The van der Waals surface area contributed by atoms with E-state index in [1.807, 2.05) is 0 Å². The monoisotopic (exact) mass is 199 g/mol. The number of rotatable bonds is 6. The maximum Gasteiger partial charge on any atom is 0.0519 e. The summed E-state index contributed by atoms with van der Waals surface area (Å²) in [6, 6.07) is 0.716. The summed E-state index contributed by atoms with van der Waals surface area (Å²) in [5.41, 5.74) is 0. The average Bonchev–Trinajstić information content (AvgIpc) is 2.58. The Bertz CT molecular complexity index is 147. The first-order valence-electron chi connectivity index (χ1n) is 6.09. The zero-order valence-electron chi connectivity index (χ0n) is 9.88. The van der Waals surface area contributed by atoms with Gasteiger partial charge in [-0.15, -0.1) is 0 Å². The van der Waals surface area contributed by atoms with Crippen molar-refractivity contribution in [3.8, 4) is 0 Å². The molecule has 1 aliphatic carbocycles. The van der Waals surface area contributed by atoms with Crippen molar-refractivity contribution < 1.29 is 4.74 Å². The van der Waals surface area contributed by atoms with Crippen molar-refractivity contribution in [2.45, 2.75) is 58.6 Å². The van der Waals surface area contributed by atoms with Crippen LogP contribution < -0.4 is 5.32 Å². The fourth-order valence-electron chi connectivity index (χ4n) is 2.15. The largest absolute Gasteiger partial charge is 0.378 e. The van der Waals surface area contributed by atoms with Crippen LogP contribution >= 0.6 is 0 Å². The van der Waals surface area contributed by atoms with Crippen molar-refractivity contribution in [2.24, 2.45) is 5.92 Å². The standard InChI is InChI=1S/C12H25NO/c1-4-8-13-12-7-5-6-11(12)9-14-10(2)3/h10-13H,4-9H2,1-3H3. The molecule has 1 saturated carbocycles. The molecule has 0 amide bonds. The maximum absolute atomic E-state index is 5.70. The van der Waals surface area contributed by atoms with Gasteiger partial charge in [0, 0.05) is 6.04 Å². The second-order valence-electron chi connectivity index (χ2n) is 4.63. The predicted octanol–water partition coefficient (Wildman–Crippen LogP) is 2.58. The van der Waals surface area contributed by atoms with Crippen LogP contribution in [-0.4, -0.2) is 25.3 Å². The van der Waals surface area contributed by atoms with Gasteiger partial charge in [0.15, 0.2) is 0 Å². The molecule has 0 bridgehead atoms. The van der Waals surface area contributed by atoms with E-state index in [-0.39, 0.29) is 0 Å². The summed E-state index contributed by atoms with van der Waals surface area (Å²) in [7, 11) is 0. The highest BCUT2D eigenvalue weighted by Crippen LogP contribution is 2.26. The van der Waals surface area contributed by atoms with E-state index in [9.17, 15) is 0 Å². The van der Waals surface area contributed by atoms with Gasteiger partial charge in [0.25, 0.3) is 0 Å². The van der Waals surface area contributed by atoms with E-state index >= 15 is 0 Å². The number of hydrogen-bond donors (Lipinski definition) is 1. The number of hydrogen-bond acceptors (Lipinski definition) is 2. The summed E-state index contributed by atoms with van der Waals surface area (Å²) in [5, 5.41) is 3.63. The fourth-order valence-corrected chi connectivity index (χ4v) is 2.15. The van der Waals surface area contributed by atoms with E-state index in [2.05, 4.69) is 26.1 Å². The summed E-state index contributed by atoms with van der Waals surface area (Å²) in [5.74, 6) is 0.754. The topological polar surface area (TPSA) is 21.3 Å². The Kier molecular flexibility index (Phi) is 5.49. The highest BCUT2D eigenvalue weighted by Gasteiger charge is 2.26. The summed E-state index contributed by atoms with van der Waals surface area (Å²) in [4.78, 5) is 0. The third-order valence-electron chi connectivity index (χ3n) is 2.96. The predicted molar refractivity (Wildman–Crippen MR) is 60.5 cm³/mol.